The third-order valence-corrected chi connectivity index (χ3v) is 7.83. The van der Waals surface area contributed by atoms with E-state index in [0.717, 1.165) is 12.0 Å². The normalized spacial score (nSPS) is 16.3. The first-order valence-corrected chi connectivity index (χ1v) is 15.0. The predicted molar refractivity (Wildman–Crippen MR) is 165 cm³/mol. The average Bonchev–Trinajstić information content (AvgIpc) is 3.41. The summed E-state index contributed by atoms with van der Waals surface area (Å²) in [5.41, 5.74) is 1.54. The number of hydrogen-bond donors (Lipinski definition) is 5. The summed E-state index contributed by atoms with van der Waals surface area (Å²) in [7, 11) is 0. The quantitative estimate of drug-likeness (QED) is 0.193. The Labute approximate surface area is 259 Å². The summed E-state index contributed by atoms with van der Waals surface area (Å²) in [5, 5.41) is 12.2. The zero-order valence-electron chi connectivity index (χ0n) is 24.0. The number of piperidine rings is 1. The maximum absolute atomic E-state index is 13.6. The van der Waals surface area contributed by atoms with Crippen LogP contribution in [-0.4, -0.2) is 53.0 Å². The number of ketones is 1. The van der Waals surface area contributed by atoms with Crippen molar-refractivity contribution >= 4 is 63.5 Å². The van der Waals surface area contributed by atoms with Crippen LogP contribution in [0.2, 0.25) is 10.0 Å². The second kappa shape index (κ2) is 14.5. The molecule has 43 heavy (non-hydrogen) atoms. The Bertz CT molecular complexity index is 1510. The van der Waals surface area contributed by atoms with Crippen molar-refractivity contribution in [2.24, 2.45) is 11.8 Å². The van der Waals surface area contributed by atoms with Crippen molar-refractivity contribution in [3.63, 3.8) is 0 Å². The maximum atomic E-state index is 13.6. The lowest BCUT2D eigenvalue weighted by Gasteiger charge is -2.28. The van der Waals surface area contributed by atoms with Gasteiger partial charge in [0.1, 0.15) is 11.7 Å². The lowest BCUT2D eigenvalue weighted by Crippen LogP contribution is -2.55. The molecule has 4 amide bonds. The molecule has 1 aliphatic heterocycles. The molecule has 1 fully saturated rings. The molecule has 0 unspecified atom stereocenters. The molecule has 0 aliphatic carbocycles. The lowest BCUT2D eigenvalue weighted by molar-refractivity contribution is -0.141. The molecule has 1 aliphatic rings. The van der Waals surface area contributed by atoms with Crippen LogP contribution in [0.1, 0.15) is 55.6 Å². The van der Waals surface area contributed by atoms with E-state index >= 15 is 0 Å². The zero-order valence-corrected chi connectivity index (χ0v) is 25.5. The first kappa shape index (κ1) is 32.0. The molecular formula is C31H35Cl2N5O5. The van der Waals surface area contributed by atoms with Gasteiger partial charge in [-0.1, -0.05) is 67.4 Å². The average molecular weight is 629 g/mol. The van der Waals surface area contributed by atoms with Gasteiger partial charge < -0.3 is 26.3 Å². The maximum Gasteiger partial charge on any atom is 0.289 e. The van der Waals surface area contributed by atoms with E-state index in [4.69, 9.17) is 23.2 Å². The van der Waals surface area contributed by atoms with Crippen LogP contribution in [0.3, 0.4) is 0 Å². The van der Waals surface area contributed by atoms with Crippen LogP contribution >= 0.6 is 23.2 Å². The van der Waals surface area contributed by atoms with Gasteiger partial charge in [0.25, 0.3) is 11.8 Å². The Morgan fingerprint density at radius 2 is 1.74 bits per heavy atom. The van der Waals surface area contributed by atoms with Crippen LogP contribution in [0.25, 0.3) is 10.9 Å². The van der Waals surface area contributed by atoms with Gasteiger partial charge in [-0.15, -0.1) is 0 Å². The van der Waals surface area contributed by atoms with Crippen LogP contribution in [0.5, 0.6) is 0 Å². The Morgan fingerprint density at radius 3 is 2.44 bits per heavy atom. The summed E-state index contributed by atoms with van der Waals surface area (Å²) in [6.45, 7) is 4.44. The van der Waals surface area contributed by atoms with Gasteiger partial charge in [-0.25, -0.2) is 0 Å². The standard InChI is InChI=1S/C31H35Cl2N5O5/c1-17(2)11-25(38-30(42)26-15-21-22(33)13-20(32)14-23(21)36-26)29(41)37-24(12-19-9-6-10-34-28(19)40)27(39)31(43)35-16-18-7-4-3-5-8-18/h3-5,7-8,13-15,17,19,24-25,36H,6,9-12,16H2,1-2H3,(H,34,40)(H,35,43)(H,37,41)(H,38,42)/t19-,24-,25-/m0/s1. The third-order valence-electron chi connectivity index (χ3n) is 7.30. The summed E-state index contributed by atoms with van der Waals surface area (Å²) >= 11 is 12.4. The van der Waals surface area contributed by atoms with Crippen LogP contribution in [-0.2, 0) is 25.7 Å². The van der Waals surface area contributed by atoms with E-state index in [1.165, 1.54) is 0 Å². The monoisotopic (exact) mass is 627 g/mol. The number of fused-ring (bicyclic) bond motifs is 1. The Morgan fingerprint density at radius 1 is 1.00 bits per heavy atom. The second-order valence-corrected chi connectivity index (χ2v) is 12.0. The number of carbonyl (C=O) groups is 5. The Balaban J connectivity index is 1.51. The van der Waals surface area contributed by atoms with Crippen LogP contribution in [0, 0.1) is 11.8 Å². The van der Waals surface area contributed by atoms with Crippen LogP contribution in [0.15, 0.2) is 48.5 Å². The van der Waals surface area contributed by atoms with Gasteiger partial charge in [-0.05, 0) is 55.4 Å². The molecule has 0 saturated carbocycles. The molecule has 228 valence electrons. The van der Waals surface area contributed by atoms with Crippen molar-refractivity contribution < 1.29 is 24.0 Å². The molecule has 2 aromatic carbocycles. The van der Waals surface area contributed by atoms with Crippen molar-refractivity contribution in [3.8, 4) is 0 Å². The lowest BCUT2D eigenvalue weighted by atomic mass is 9.89. The first-order chi connectivity index (χ1) is 20.5. The highest BCUT2D eigenvalue weighted by atomic mass is 35.5. The Kier molecular flexibility index (Phi) is 10.8. The van der Waals surface area contributed by atoms with Crippen molar-refractivity contribution in [2.45, 2.75) is 58.2 Å². The minimum Gasteiger partial charge on any atom is -0.356 e. The molecule has 10 nitrogen and oxygen atoms in total. The number of H-pyrrole nitrogens is 1. The number of nitrogens with one attached hydrogen (secondary N) is 5. The van der Waals surface area contributed by atoms with E-state index in [1.807, 2.05) is 44.2 Å². The number of Topliss-reactive ketones (excluding diaryl/α,β-unsaturated/α-hetero) is 1. The highest BCUT2D eigenvalue weighted by Gasteiger charge is 2.35. The van der Waals surface area contributed by atoms with Gasteiger partial charge in [0.2, 0.25) is 17.6 Å². The van der Waals surface area contributed by atoms with E-state index in [9.17, 15) is 24.0 Å². The van der Waals surface area contributed by atoms with Gasteiger partial charge >= 0.3 is 0 Å². The molecule has 1 aromatic heterocycles. The molecule has 5 N–H and O–H groups in total. The summed E-state index contributed by atoms with van der Waals surface area (Å²) in [6, 6.07) is 11.6. The SMILES string of the molecule is CC(C)C[C@H](NC(=O)c1cc2c(Cl)cc(Cl)cc2[nH]1)C(=O)N[C@@H](C[C@@H]1CCCNC1=O)C(=O)C(=O)NCc1ccccc1. The molecule has 3 aromatic rings. The predicted octanol–water partition coefficient (Wildman–Crippen LogP) is 3.91. The summed E-state index contributed by atoms with van der Waals surface area (Å²) in [6.07, 6.45) is 1.46. The third kappa shape index (κ3) is 8.58. The number of hydrogen-bond acceptors (Lipinski definition) is 5. The van der Waals surface area contributed by atoms with Gasteiger partial charge in [0.15, 0.2) is 0 Å². The van der Waals surface area contributed by atoms with E-state index in [1.54, 1.807) is 18.2 Å². The molecule has 0 radical (unpaired) electrons. The number of aromatic amines is 1. The number of carbonyl (C=O) groups excluding carboxylic acids is 5. The highest BCUT2D eigenvalue weighted by molar-refractivity contribution is 6.39. The fourth-order valence-electron chi connectivity index (χ4n) is 5.09. The highest BCUT2D eigenvalue weighted by Crippen LogP contribution is 2.28. The minimum absolute atomic E-state index is 0.000500. The van der Waals surface area contributed by atoms with Crippen molar-refractivity contribution in [3.05, 3.63) is 69.8 Å². The molecule has 2 heterocycles. The van der Waals surface area contributed by atoms with Gasteiger partial charge in [-0.3, -0.25) is 24.0 Å². The fraction of sp³-hybridized carbons (Fsp3) is 0.387. The van der Waals surface area contributed by atoms with Crippen molar-refractivity contribution in [2.75, 3.05) is 6.54 Å². The molecule has 12 heteroatoms. The first-order valence-electron chi connectivity index (χ1n) is 14.2. The number of amides is 4. The van der Waals surface area contributed by atoms with E-state index < -0.39 is 41.5 Å². The number of aromatic nitrogens is 1. The van der Waals surface area contributed by atoms with Crippen molar-refractivity contribution in [1.82, 2.24) is 26.3 Å². The summed E-state index contributed by atoms with van der Waals surface area (Å²) in [5.74, 6) is -3.70. The van der Waals surface area contributed by atoms with E-state index in [2.05, 4.69) is 26.3 Å². The second-order valence-electron chi connectivity index (χ2n) is 11.1. The molecule has 4 rings (SSSR count). The molecule has 0 spiro atoms. The topological polar surface area (TPSA) is 149 Å². The molecule has 0 bridgehead atoms. The van der Waals surface area contributed by atoms with Gasteiger partial charge in [-0.2, -0.15) is 0 Å². The van der Waals surface area contributed by atoms with Crippen LogP contribution in [0.4, 0.5) is 0 Å². The number of benzene rings is 2. The largest absolute Gasteiger partial charge is 0.356 e. The Hall–Kier alpha value is -3.89. The summed E-state index contributed by atoms with van der Waals surface area (Å²) < 4.78 is 0. The van der Waals surface area contributed by atoms with Crippen molar-refractivity contribution in [1.29, 1.82) is 0 Å². The molecular weight excluding hydrogens is 593 g/mol. The molecule has 1 saturated heterocycles. The number of halogens is 2. The van der Waals surface area contributed by atoms with E-state index in [-0.39, 0.29) is 36.9 Å². The fourth-order valence-corrected chi connectivity index (χ4v) is 5.64. The summed E-state index contributed by atoms with van der Waals surface area (Å²) in [4.78, 5) is 68.6. The molecule has 3 atom stereocenters. The van der Waals surface area contributed by atoms with Gasteiger partial charge in [0.05, 0.1) is 11.1 Å². The zero-order chi connectivity index (χ0) is 31.1. The van der Waals surface area contributed by atoms with Gasteiger partial charge in [0, 0.05) is 34.9 Å². The van der Waals surface area contributed by atoms with E-state index in [0.29, 0.717) is 33.9 Å². The smallest absolute Gasteiger partial charge is 0.289 e. The van der Waals surface area contributed by atoms with Crippen LogP contribution < -0.4 is 21.3 Å². The number of rotatable bonds is 12. The minimum atomic E-state index is -1.27.